The van der Waals surface area contributed by atoms with Crippen LogP contribution in [0.4, 0.5) is 18.9 Å². The lowest BCUT2D eigenvalue weighted by atomic mass is 10.1. The molecule has 4 nitrogen and oxygen atoms in total. The first-order valence-electron chi connectivity index (χ1n) is 9.51. The number of benzene rings is 3. The zero-order chi connectivity index (χ0) is 22.0. The molecule has 1 unspecified atom stereocenters. The molecule has 7 heteroatoms. The van der Waals surface area contributed by atoms with Crippen LogP contribution < -0.4 is 20.2 Å². The van der Waals surface area contributed by atoms with Crippen LogP contribution in [0.3, 0.4) is 0 Å². The van der Waals surface area contributed by atoms with E-state index in [0.29, 0.717) is 17.0 Å². The number of fused-ring (bicyclic) bond motifs is 1. The maximum absolute atomic E-state index is 13.3. The number of halogens is 3. The lowest BCUT2D eigenvalue weighted by molar-refractivity contribution is -0.137. The number of phenols is 1. The topological polar surface area (TPSA) is 45.1 Å². The Morgan fingerprint density at radius 3 is 2.58 bits per heavy atom. The predicted molar refractivity (Wildman–Crippen MR) is 113 cm³/mol. The summed E-state index contributed by atoms with van der Waals surface area (Å²) in [6.45, 7) is 0. The van der Waals surface area contributed by atoms with Gasteiger partial charge in [-0.2, -0.15) is 13.2 Å². The molecule has 0 aromatic heterocycles. The van der Waals surface area contributed by atoms with Crippen molar-refractivity contribution in [1.82, 2.24) is 0 Å². The van der Waals surface area contributed by atoms with Crippen molar-refractivity contribution in [2.45, 2.75) is 12.3 Å². The number of ether oxygens (including phenoxy) is 1. The molecular formula is C24H19F3N2O2. The molecule has 0 saturated carbocycles. The van der Waals surface area contributed by atoms with Crippen molar-refractivity contribution >= 4 is 18.0 Å². The first kappa shape index (κ1) is 20.5. The Hall–Kier alpha value is -3.74. The van der Waals surface area contributed by atoms with Gasteiger partial charge in [-0.15, -0.1) is 0 Å². The summed E-state index contributed by atoms with van der Waals surface area (Å²) in [5.74, 6) is 0.307. The second-order valence-corrected chi connectivity index (χ2v) is 6.94. The largest absolute Gasteiger partial charge is 0.504 e. The molecule has 0 amide bonds. The van der Waals surface area contributed by atoms with Gasteiger partial charge in [-0.1, -0.05) is 42.5 Å². The van der Waals surface area contributed by atoms with Gasteiger partial charge in [0.1, 0.15) is 6.17 Å². The minimum atomic E-state index is -4.45. The van der Waals surface area contributed by atoms with Gasteiger partial charge in [0.2, 0.25) is 0 Å². The van der Waals surface area contributed by atoms with Crippen molar-refractivity contribution < 1.29 is 23.0 Å². The van der Waals surface area contributed by atoms with Gasteiger partial charge < -0.3 is 14.7 Å². The van der Waals surface area contributed by atoms with E-state index in [0.717, 1.165) is 22.7 Å². The average Bonchev–Trinajstić information content (AvgIpc) is 2.77. The van der Waals surface area contributed by atoms with Crippen LogP contribution in [-0.4, -0.2) is 18.4 Å². The number of phenolic OH excluding ortho intramolecular Hbond substituents is 1. The van der Waals surface area contributed by atoms with Gasteiger partial charge in [0.15, 0.2) is 11.5 Å². The minimum absolute atomic E-state index is 0.0212. The molecule has 1 atom stereocenters. The van der Waals surface area contributed by atoms with Crippen LogP contribution in [0.15, 0.2) is 77.8 Å². The van der Waals surface area contributed by atoms with Gasteiger partial charge >= 0.3 is 6.18 Å². The van der Waals surface area contributed by atoms with Crippen LogP contribution in [0.25, 0.3) is 12.3 Å². The van der Waals surface area contributed by atoms with Crippen LogP contribution in [-0.2, 0) is 6.18 Å². The van der Waals surface area contributed by atoms with E-state index in [9.17, 15) is 18.3 Å². The highest BCUT2D eigenvalue weighted by molar-refractivity contribution is 5.66. The number of rotatable bonds is 4. The summed E-state index contributed by atoms with van der Waals surface area (Å²) in [5.41, 5.74) is 0.139. The number of nitrogens with zero attached hydrogens (tertiary/aromatic N) is 2. The number of alkyl halides is 3. The third-order valence-electron chi connectivity index (χ3n) is 4.94. The molecule has 0 fully saturated rings. The van der Waals surface area contributed by atoms with Gasteiger partial charge in [-0.25, -0.2) is 0 Å². The van der Waals surface area contributed by atoms with Gasteiger partial charge in [0.05, 0.1) is 18.0 Å². The van der Waals surface area contributed by atoms with Crippen LogP contribution in [0, 0.1) is 0 Å². The summed E-state index contributed by atoms with van der Waals surface area (Å²) in [7, 11) is 1.46. The molecular weight excluding hydrogens is 405 g/mol. The quantitative estimate of drug-likeness (QED) is 0.678. The fourth-order valence-corrected chi connectivity index (χ4v) is 3.38. The van der Waals surface area contributed by atoms with E-state index in [2.05, 4.69) is 0 Å². The SMILES string of the molecule is COc1cccc(/C=C/C2N=c3ccccc3=CN2c2cccc(C(F)(F)F)c2)c1O. The maximum atomic E-state index is 13.3. The van der Waals surface area contributed by atoms with E-state index in [4.69, 9.17) is 9.73 Å². The maximum Gasteiger partial charge on any atom is 0.416 e. The number of hydrogen-bond acceptors (Lipinski definition) is 4. The molecule has 3 aromatic carbocycles. The lowest BCUT2D eigenvalue weighted by Crippen LogP contribution is -2.41. The molecule has 31 heavy (non-hydrogen) atoms. The molecule has 3 aromatic rings. The van der Waals surface area contributed by atoms with Crippen LogP contribution >= 0.6 is 0 Å². The highest BCUT2D eigenvalue weighted by Gasteiger charge is 2.31. The molecule has 0 bridgehead atoms. The monoisotopic (exact) mass is 424 g/mol. The second-order valence-electron chi connectivity index (χ2n) is 6.94. The van der Waals surface area contributed by atoms with Crippen molar-refractivity contribution in [1.29, 1.82) is 0 Å². The Morgan fingerprint density at radius 1 is 1.03 bits per heavy atom. The predicted octanol–water partition coefficient (Wildman–Crippen LogP) is 4.34. The highest BCUT2D eigenvalue weighted by Crippen LogP contribution is 2.33. The summed E-state index contributed by atoms with van der Waals surface area (Å²) in [5, 5.41) is 11.9. The zero-order valence-electron chi connectivity index (χ0n) is 16.5. The normalized spacial score (nSPS) is 15.9. The third-order valence-corrected chi connectivity index (χ3v) is 4.94. The van der Waals surface area contributed by atoms with Gasteiger partial charge in [0.25, 0.3) is 0 Å². The number of para-hydroxylation sites is 2. The first-order chi connectivity index (χ1) is 14.9. The minimum Gasteiger partial charge on any atom is -0.504 e. The molecule has 1 aliphatic heterocycles. The van der Waals surface area contributed by atoms with Crippen molar-refractivity contribution in [2.75, 3.05) is 12.0 Å². The molecule has 0 spiro atoms. The van der Waals surface area contributed by atoms with Crippen molar-refractivity contribution in [3.63, 3.8) is 0 Å². The number of hydrogen-bond donors (Lipinski definition) is 1. The van der Waals surface area contributed by atoms with E-state index >= 15 is 0 Å². The van der Waals surface area contributed by atoms with Crippen molar-refractivity contribution in [3.05, 3.63) is 94.5 Å². The van der Waals surface area contributed by atoms with Gasteiger partial charge in [-0.3, -0.25) is 4.99 Å². The van der Waals surface area contributed by atoms with Gasteiger partial charge in [-0.05, 0) is 36.4 Å². The van der Waals surface area contributed by atoms with E-state index in [1.54, 1.807) is 47.5 Å². The molecule has 158 valence electrons. The van der Waals surface area contributed by atoms with E-state index < -0.39 is 17.9 Å². The molecule has 1 heterocycles. The van der Waals surface area contributed by atoms with Crippen molar-refractivity contribution in [2.24, 2.45) is 4.99 Å². The van der Waals surface area contributed by atoms with E-state index in [1.165, 1.54) is 13.2 Å². The fourth-order valence-electron chi connectivity index (χ4n) is 3.38. The Labute approximate surface area is 176 Å². The number of anilines is 1. The van der Waals surface area contributed by atoms with E-state index in [-0.39, 0.29) is 5.75 Å². The molecule has 1 aliphatic rings. The Morgan fingerprint density at radius 2 is 1.81 bits per heavy atom. The number of aromatic hydroxyl groups is 1. The summed E-state index contributed by atoms with van der Waals surface area (Å²) in [6, 6.07) is 17.6. The molecule has 0 aliphatic carbocycles. The van der Waals surface area contributed by atoms with Crippen molar-refractivity contribution in [3.8, 4) is 11.5 Å². The molecule has 4 rings (SSSR count). The smallest absolute Gasteiger partial charge is 0.416 e. The van der Waals surface area contributed by atoms with Crippen LogP contribution in [0.2, 0.25) is 0 Å². The number of methoxy groups -OCH3 is 1. The Bertz CT molecular complexity index is 1250. The standard InChI is InChI=1S/C24H19F3N2O2/c1-31-21-11-4-7-16(23(21)30)12-13-22-28-20-10-3-2-6-17(20)15-29(22)19-9-5-8-18(14-19)24(25,26)27/h2-15,22,30H,1H3/b13-12+. The summed E-state index contributed by atoms with van der Waals surface area (Å²) in [6.07, 6.45) is 0.121. The average molecular weight is 424 g/mol. The van der Waals surface area contributed by atoms with Crippen LogP contribution in [0.5, 0.6) is 11.5 Å². The summed E-state index contributed by atoms with van der Waals surface area (Å²) < 4.78 is 44.9. The first-order valence-corrected chi connectivity index (χ1v) is 9.51. The molecule has 1 N–H and O–H groups in total. The molecule has 0 radical (unpaired) electrons. The van der Waals surface area contributed by atoms with Crippen LogP contribution in [0.1, 0.15) is 11.1 Å². The second kappa shape index (κ2) is 8.18. The summed E-state index contributed by atoms with van der Waals surface area (Å²) in [4.78, 5) is 6.37. The third kappa shape index (κ3) is 4.26. The summed E-state index contributed by atoms with van der Waals surface area (Å²) >= 11 is 0. The highest BCUT2D eigenvalue weighted by atomic mass is 19.4. The fraction of sp³-hybridized carbons (Fsp3) is 0.125. The Kier molecular flexibility index (Phi) is 5.42. The molecule has 0 saturated heterocycles. The Balaban J connectivity index is 1.79. The lowest BCUT2D eigenvalue weighted by Gasteiger charge is -2.28. The van der Waals surface area contributed by atoms with Gasteiger partial charge in [0, 0.05) is 22.7 Å². The zero-order valence-corrected chi connectivity index (χ0v) is 16.5. The van der Waals surface area contributed by atoms with E-state index in [1.807, 2.05) is 24.3 Å².